The number of aliphatic hydroxyl groups excluding tert-OH is 2. The van der Waals surface area contributed by atoms with Gasteiger partial charge >= 0.3 is 5.97 Å². The van der Waals surface area contributed by atoms with E-state index in [0.29, 0.717) is 19.3 Å². The molecule has 9 nitrogen and oxygen atoms in total. The molecule has 0 aliphatic carbocycles. The van der Waals surface area contributed by atoms with Gasteiger partial charge in [-0.25, -0.2) is 0 Å². The Morgan fingerprint density at radius 2 is 1.77 bits per heavy atom. The minimum Gasteiger partial charge on any atom is -0.462 e. The van der Waals surface area contributed by atoms with Crippen molar-refractivity contribution >= 4 is 18.0 Å². The second-order valence-corrected chi connectivity index (χ2v) is 12.0. The van der Waals surface area contributed by atoms with Crippen LogP contribution in [0.2, 0.25) is 0 Å². The number of hydrogen-bond donors (Lipinski definition) is 2. The van der Waals surface area contributed by atoms with Crippen molar-refractivity contribution in [3.63, 3.8) is 0 Å². The van der Waals surface area contributed by atoms with E-state index in [1.807, 2.05) is 59.7 Å². The number of carbonyl (C=O) groups is 3. The van der Waals surface area contributed by atoms with Crippen LogP contribution in [0.4, 0.5) is 0 Å². The van der Waals surface area contributed by atoms with Crippen LogP contribution in [0.25, 0.3) is 0 Å². The number of cyclic esters (lactones) is 1. The van der Waals surface area contributed by atoms with Crippen molar-refractivity contribution in [3.8, 4) is 0 Å². The van der Waals surface area contributed by atoms with Gasteiger partial charge in [-0.3, -0.25) is 9.59 Å². The number of allylic oxidation sites excluding steroid dienone is 3. The summed E-state index contributed by atoms with van der Waals surface area (Å²) >= 11 is 0. The Kier molecular flexibility index (Phi) is 13.6. The first kappa shape index (κ1) is 34.3. The molecule has 2 rings (SSSR count). The Morgan fingerprint density at radius 3 is 2.38 bits per heavy atom. The zero-order valence-corrected chi connectivity index (χ0v) is 25.5. The summed E-state index contributed by atoms with van der Waals surface area (Å²) in [6.45, 7) is 11.3. The number of hydrogen-bond acceptors (Lipinski definition) is 9. The molecule has 1 unspecified atom stereocenters. The Morgan fingerprint density at radius 1 is 1.10 bits per heavy atom. The Bertz CT molecular complexity index is 902. The fourth-order valence-electron chi connectivity index (χ4n) is 5.84. The first-order chi connectivity index (χ1) is 18.8. The van der Waals surface area contributed by atoms with Crippen LogP contribution in [-0.4, -0.2) is 90.1 Å². The largest absolute Gasteiger partial charge is 0.462 e. The van der Waals surface area contributed by atoms with Crippen molar-refractivity contribution in [1.29, 1.82) is 0 Å². The normalized spacial score (nSPS) is 41.2. The van der Waals surface area contributed by atoms with Crippen LogP contribution < -0.4 is 0 Å². The molecule has 0 aromatic rings. The molecule has 0 aromatic heterocycles. The molecule has 2 aliphatic rings. The fourth-order valence-corrected chi connectivity index (χ4v) is 5.84. The van der Waals surface area contributed by atoms with Crippen LogP contribution in [0.5, 0.6) is 0 Å². The average Bonchev–Trinajstić information content (AvgIpc) is 2.88. The molecule has 1 fully saturated rings. The lowest BCUT2D eigenvalue weighted by molar-refractivity contribution is -0.283. The number of likely N-dealkylation sites (N-methyl/N-ethyl adjacent to an activating group) is 1. The van der Waals surface area contributed by atoms with Gasteiger partial charge in [0.25, 0.3) is 0 Å². The summed E-state index contributed by atoms with van der Waals surface area (Å²) in [4.78, 5) is 39.7. The number of aliphatic hydroxyl groups is 2. The molecule has 2 heterocycles. The second-order valence-electron chi connectivity index (χ2n) is 12.0. The number of ketones is 1. The van der Waals surface area contributed by atoms with Crippen molar-refractivity contribution in [2.75, 3.05) is 14.1 Å². The molecule has 0 bridgehead atoms. The molecule has 40 heavy (non-hydrogen) atoms. The smallest absolute Gasteiger partial charge is 0.308 e. The topological polar surface area (TPSA) is 123 Å². The minimum absolute atomic E-state index is 0.0796. The quantitative estimate of drug-likeness (QED) is 0.368. The summed E-state index contributed by atoms with van der Waals surface area (Å²) < 4.78 is 18.2. The third kappa shape index (κ3) is 9.58. The number of ether oxygens (including phenoxy) is 3. The van der Waals surface area contributed by atoms with Gasteiger partial charge in [0.15, 0.2) is 12.1 Å². The number of rotatable bonds is 6. The lowest BCUT2D eigenvalue weighted by Gasteiger charge is -2.44. The highest BCUT2D eigenvalue weighted by atomic mass is 16.7. The van der Waals surface area contributed by atoms with Crippen LogP contribution in [0.15, 0.2) is 23.8 Å². The van der Waals surface area contributed by atoms with Crippen LogP contribution in [-0.2, 0) is 28.6 Å². The summed E-state index contributed by atoms with van der Waals surface area (Å²) in [5.41, 5.74) is 0.877. The van der Waals surface area contributed by atoms with Gasteiger partial charge < -0.3 is 34.1 Å². The maximum absolute atomic E-state index is 13.1. The van der Waals surface area contributed by atoms with Gasteiger partial charge in [-0.2, -0.15) is 0 Å². The van der Waals surface area contributed by atoms with Gasteiger partial charge in [-0.1, -0.05) is 45.4 Å². The maximum atomic E-state index is 13.1. The molecule has 0 spiro atoms. The highest BCUT2D eigenvalue weighted by molar-refractivity contribution is 5.91. The zero-order chi connectivity index (χ0) is 30.1. The summed E-state index contributed by atoms with van der Waals surface area (Å²) in [6, 6.07) is -0.213. The Hall–Kier alpha value is -1.91. The molecule has 9 heteroatoms. The van der Waals surface area contributed by atoms with Crippen LogP contribution in [0.1, 0.15) is 73.6 Å². The molecule has 0 amide bonds. The maximum Gasteiger partial charge on any atom is 0.308 e. The van der Waals surface area contributed by atoms with Crippen LogP contribution in [0.3, 0.4) is 0 Å². The van der Waals surface area contributed by atoms with Gasteiger partial charge in [0, 0.05) is 30.2 Å². The van der Waals surface area contributed by atoms with E-state index in [4.69, 9.17) is 14.2 Å². The van der Waals surface area contributed by atoms with Crippen molar-refractivity contribution in [2.24, 2.45) is 23.7 Å². The minimum atomic E-state index is -1.14. The molecule has 0 aromatic carbocycles. The van der Waals surface area contributed by atoms with E-state index >= 15 is 0 Å². The molecule has 0 radical (unpaired) electrons. The average molecular weight is 566 g/mol. The van der Waals surface area contributed by atoms with E-state index in [2.05, 4.69) is 0 Å². The number of aldehydes is 1. The van der Waals surface area contributed by atoms with Gasteiger partial charge in [0.2, 0.25) is 0 Å². The molecular weight excluding hydrogens is 514 g/mol. The van der Waals surface area contributed by atoms with Crippen LogP contribution in [0, 0.1) is 23.7 Å². The lowest BCUT2D eigenvalue weighted by Crippen LogP contribution is -2.56. The third-order valence-corrected chi connectivity index (χ3v) is 8.38. The van der Waals surface area contributed by atoms with E-state index in [1.165, 1.54) is 0 Å². The van der Waals surface area contributed by atoms with E-state index in [1.54, 1.807) is 19.1 Å². The predicted molar refractivity (Wildman–Crippen MR) is 152 cm³/mol. The predicted octanol–water partition coefficient (Wildman–Crippen LogP) is 3.46. The summed E-state index contributed by atoms with van der Waals surface area (Å²) in [5.74, 6) is -2.20. The first-order valence-corrected chi connectivity index (χ1v) is 14.7. The van der Waals surface area contributed by atoms with E-state index in [-0.39, 0.29) is 42.8 Å². The highest BCUT2D eigenvalue weighted by Crippen LogP contribution is 2.34. The van der Waals surface area contributed by atoms with Gasteiger partial charge in [0.1, 0.15) is 18.5 Å². The third-order valence-electron chi connectivity index (χ3n) is 8.38. The van der Waals surface area contributed by atoms with Gasteiger partial charge in [-0.15, -0.1) is 0 Å². The fraction of sp³-hybridized carbons (Fsp3) is 0.774. The summed E-state index contributed by atoms with van der Waals surface area (Å²) in [5, 5.41) is 22.3. The highest BCUT2D eigenvalue weighted by Gasteiger charge is 2.43. The molecule has 0 saturated carbocycles. The van der Waals surface area contributed by atoms with Gasteiger partial charge in [0.05, 0.1) is 24.7 Å². The van der Waals surface area contributed by atoms with E-state index in [0.717, 1.165) is 11.9 Å². The standard InChI is InChI=1S/C31H51NO8/c1-9-27-20(4)14-18(2)10-11-25(34)19(3)15-23(12-13-33)30(22(6)26(35)17-28(36)39-27)40-31-29(37)24(32(7)8)16-21(5)38-31/h10-11,13-14,19-24,26-27,29-31,35,37H,9,12,15-17H2,1-8H3/b11-10+,18-14+/t19-,20+,21-,22+,23+,24-,26-,27-,29-,30-,31?/m1/s1. The number of esters is 1. The SMILES string of the molecule is CC[C@H]1OC(=O)C[C@@H](O)[C@H](C)[C@@H](OC2O[C@H](C)C[C@@H](N(C)C)[C@H]2O)[C@@H](CC=O)C[C@@H](C)C(=O)/C=C/C(C)=C/[C@@H]1C. The Balaban J connectivity index is 2.48. The van der Waals surface area contributed by atoms with Crippen molar-refractivity contribution < 1.29 is 38.8 Å². The molecule has 11 atom stereocenters. The monoisotopic (exact) mass is 565 g/mol. The number of carbonyl (C=O) groups excluding carboxylic acids is 3. The molecule has 228 valence electrons. The second kappa shape index (κ2) is 15.9. The zero-order valence-electron chi connectivity index (χ0n) is 25.5. The summed E-state index contributed by atoms with van der Waals surface area (Å²) in [7, 11) is 3.76. The van der Waals surface area contributed by atoms with E-state index in [9.17, 15) is 24.6 Å². The van der Waals surface area contributed by atoms with Crippen molar-refractivity contribution in [1.82, 2.24) is 4.90 Å². The molecular formula is C31H51NO8. The van der Waals surface area contributed by atoms with Gasteiger partial charge in [-0.05, 0) is 59.2 Å². The molecule has 2 N–H and O–H groups in total. The van der Waals surface area contributed by atoms with Crippen molar-refractivity contribution in [2.45, 2.75) is 116 Å². The van der Waals surface area contributed by atoms with Crippen LogP contribution >= 0.6 is 0 Å². The molecule has 2 aliphatic heterocycles. The lowest BCUT2D eigenvalue weighted by atomic mass is 9.79. The first-order valence-electron chi connectivity index (χ1n) is 14.7. The summed E-state index contributed by atoms with van der Waals surface area (Å²) in [6.07, 6.45) is 2.94. The van der Waals surface area contributed by atoms with E-state index < -0.39 is 48.3 Å². The Labute approximate surface area is 239 Å². The number of nitrogens with zero attached hydrogens (tertiary/aromatic N) is 1. The van der Waals surface area contributed by atoms with Crippen molar-refractivity contribution in [3.05, 3.63) is 23.8 Å². The molecule has 1 saturated heterocycles.